The average molecular weight is 350 g/mol. The molecule has 1 aliphatic heterocycles. The Bertz CT molecular complexity index is 933. The van der Waals surface area contributed by atoms with Crippen LogP contribution in [0, 0.1) is 0 Å². The molecule has 6 heteroatoms. The van der Waals surface area contributed by atoms with E-state index >= 15 is 0 Å². The summed E-state index contributed by atoms with van der Waals surface area (Å²) in [4.78, 5) is 4.60. The topological polar surface area (TPSA) is 86.2 Å². The molecule has 3 N–H and O–H groups in total. The number of nitrogens with two attached hydrogens (primary N) is 1. The SMILES string of the molecule is CC(C)Oc1ccc(-c2nc(-c3cccc4c3CCNC4)no2)cc1N. The number of benzene rings is 2. The Labute approximate surface area is 152 Å². The highest BCUT2D eigenvalue weighted by Crippen LogP contribution is 2.31. The molecule has 0 saturated heterocycles. The summed E-state index contributed by atoms with van der Waals surface area (Å²) in [6, 6.07) is 11.7. The van der Waals surface area contributed by atoms with E-state index in [0.29, 0.717) is 23.2 Å². The molecule has 0 atom stereocenters. The van der Waals surface area contributed by atoms with Crippen molar-refractivity contribution < 1.29 is 9.26 Å². The van der Waals surface area contributed by atoms with Gasteiger partial charge in [0, 0.05) is 17.7 Å². The first-order valence-corrected chi connectivity index (χ1v) is 8.84. The first-order chi connectivity index (χ1) is 12.6. The lowest BCUT2D eigenvalue weighted by Gasteiger charge is -2.18. The van der Waals surface area contributed by atoms with Crippen LogP contribution in [0.2, 0.25) is 0 Å². The van der Waals surface area contributed by atoms with Crippen molar-refractivity contribution in [2.45, 2.75) is 32.9 Å². The van der Waals surface area contributed by atoms with Crippen LogP contribution >= 0.6 is 0 Å². The van der Waals surface area contributed by atoms with Crippen LogP contribution in [-0.4, -0.2) is 22.8 Å². The lowest BCUT2D eigenvalue weighted by molar-refractivity contribution is 0.244. The van der Waals surface area contributed by atoms with Gasteiger partial charge in [0.05, 0.1) is 11.8 Å². The maximum Gasteiger partial charge on any atom is 0.258 e. The average Bonchev–Trinajstić information content (AvgIpc) is 3.12. The lowest BCUT2D eigenvalue weighted by atomic mass is 9.95. The van der Waals surface area contributed by atoms with E-state index in [4.69, 9.17) is 15.0 Å². The highest BCUT2D eigenvalue weighted by atomic mass is 16.5. The van der Waals surface area contributed by atoms with Crippen LogP contribution in [0.25, 0.3) is 22.8 Å². The molecule has 26 heavy (non-hydrogen) atoms. The molecule has 0 bridgehead atoms. The van der Waals surface area contributed by atoms with Crippen LogP contribution in [0.1, 0.15) is 25.0 Å². The number of hydrogen-bond acceptors (Lipinski definition) is 6. The molecule has 0 saturated carbocycles. The first-order valence-electron chi connectivity index (χ1n) is 8.84. The van der Waals surface area contributed by atoms with Gasteiger partial charge >= 0.3 is 0 Å². The summed E-state index contributed by atoms with van der Waals surface area (Å²) in [5.74, 6) is 1.72. The second kappa shape index (κ2) is 6.80. The van der Waals surface area contributed by atoms with Gasteiger partial charge in [0.25, 0.3) is 5.89 Å². The van der Waals surface area contributed by atoms with Gasteiger partial charge in [-0.15, -0.1) is 0 Å². The molecule has 134 valence electrons. The normalized spacial score (nSPS) is 13.7. The zero-order chi connectivity index (χ0) is 18.1. The van der Waals surface area contributed by atoms with Crippen molar-refractivity contribution in [3.05, 3.63) is 47.5 Å². The minimum Gasteiger partial charge on any atom is -0.489 e. The summed E-state index contributed by atoms with van der Waals surface area (Å²) in [7, 11) is 0. The van der Waals surface area contributed by atoms with E-state index < -0.39 is 0 Å². The molecule has 2 aromatic carbocycles. The van der Waals surface area contributed by atoms with Crippen LogP contribution in [0.3, 0.4) is 0 Å². The number of anilines is 1. The van der Waals surface area contributed by atoms with Gasteiger partial charge < -0.3 is 20.3 Å². The van der Waals surface area contributed by atoms with Crippen molar-refractivity contribution >= 4 is 5.69 Å². The number of nitrogens with zero attached hydrogens (tertiary/aromatic N) is 2. The van der Waals surface area contributed by atoms with Gasteiger partial charge in [0.15, 0.2) is 0 Å². The third-order valence-electron chi connectivity index (χ3n) is 4.43. The molecular weight excluding hydrogens is 328 g/mol. The third kappa shape index (κ3) is 3.15. The van der Waals surface area contributed by atoms with Gasteiger partial charge in [-0.05, 0) is 56.1 Å². The van der Waals surface area contributed by atoms with Gasteiger partial charge in [0.1, 0.15) is 5.75 Å². The third-order valence-corrected chi connectivity index (χ3v) is 4.43. The summed E-state index contributed by atoms with van der Waals surface area (Å²) in [5.41, 5.74) is 11.0. The quantitative estimate of drug-likeness (QED) is 0.701. The molecule has 0 radical (unpaired) electrons. The molecule has 0 spiro atoms. The summed E-state index contributed by atoms with van der Waals surface area (Å²) >= 11 is 0. The highest BCUT2D eigenvalue weighted by molar-refractivity contribution is 5.68. The second-order valence-corrected chi connectivity index (χ2v) is 6.71. The Morgan fingerprint density at radius 1 is 1.23 bits per heavy atom. The summed E-state index contributed by atoms with van der Waals surface area (Å²) in [6.07, 6.45) is 1.03. The summed E-state index contributed by atoms with van der Waals surface area (Å²) in [6.45, 7) is 5.77. The Balaban J connectivity index is 1.66. The Hall–Kier alpha value is -2.86. The number of ether oxygens (including phenoxy) is 1. The Morgan fingerprint density at radius 3 is 2.92 bits per heavy atom. The molecule has 6 nitrogen and oxygen atoms in total. The van der Waals surface area contributed by atoms with Crippen LogP contribution in [0.5, 0.6) is 5.75 Å². The van der Waals surface area contributed by atoms with Crippen molar-refractivity contribution in [1.29, 1.82) is 0 Å². The molecule has 2 heterocycles. The molecule has 1 aliphatic rings. The Kier molecular flexibility index (Phi) is 4.34. The minimum absolute atomic E-state index is 0.0666. The fourth-order valence-corrected chi connectivity index (χ4v) is 3.23. The van der Waals surface area contributed by atoms with Gasteiger partial charge in [-0.3, -0.25) is 0 Å². The smallest absolute Gasteiger partial charge is 0.258 e. The van der Waals surface area contributed by atoms with E-state index in [-0.39, 0.29) is 6.10 Å². The van der Waals surface area contributed by atoms with E-state index in [1.165, 1.54) is 11.1 Å². The molecule has 0 amide bonds. The maximum absolute atomic E-state index is 6.09. The Morgan fingerprint density at radius 2 is 2.12 bits per heavy atom. The maximum atomic E-state index is 6.09. The predicted molar refractivity (Wildman–Crippen MR) is 101 cm³/mol. The summed E-state index contributed by atoms with van der Waals surface area (Å²) in [5, 5.41) is 7.58. The van der Waals surface area contributed by atoms with Crippen molar-refractivity contribution in [2.75, 3.05) is 12.3 Å². The van der Waals surface area contributed by atoms with E-state index in [1.807, 2.05) is 38.1 Å². The lowest BCUT2D eigenvalue weighted by Crippen LogP contribution is -2.24. The van der Waals surface area contributed by atoms with Crippen molar-refractivity contribution in [1.82, 2.24) is 15.5 Å². The van der Waals surface area contributed by atoms with E-state index in [2.05, 4.69) is 21.5 Å². The molecule has 3 aromatic rings. The summed E-state index contributed by atoms with van der Waals surface area (Å²) < 4.78 is 11.2. The van der Waals surface area contributed by atoms with E-state index in [1.54, 1.807) is 6.07 Å². The molecule has 4 rings (SSSR count). The molecule has 1 aromatic heterocycles. The second-order valence-electron chi connectivity index (χ2n) is 6.71. The predicted octanol–water partition coefficient (Wildman–Crippen LogP) is 3.42. The van der Waals surface area contributed by atoms with Crippen molar-refractivity contribution in [2.24, 2.45) is 0 Å². The fraction of sp³-hybridized carbons (Fsp3) is 0.300. The highest BCUT2D eigenvalue weighted by Gasteiger charge is 2.18. The first kappa shape index (κ1) is 16.6. The molecule has 0 aliphatic carbocycles. The van der Waals surface area contributed by atoms with Crippen LogP contribution in [0.4, 0.5) is 5.69 Å². The zero-order valence-corrected chi connectivity index (χ0v) is 15.0. The van der Waals surface area contributed by atoms with Gasteiger partial charge in [-0.2, -0.15) is 4.98 Å². The number of fused-ring (bicyclic) bond motifs is 1. The van der Waals surface area contributed by atoms with Crippen LogP contribution < -0.4 is 15.8 Å². The zero-order valence-electron chi connectivity index (χ0n) is 15.0. The standard InChI is InChI=1S/C20H22N4O2/c1-12(2)25-18-7-6-13(10-17(18)21)20-23-19(24-26-20)16-5-3-4-14-11-22-9-8-15(14)16/h3-7,10,12,22H,8-9,11,21H2,1-2H3. The van der Waals surface area contributed by atoms with E-state index in [9.17, 15) is 0 Å². The van der Waals surface area contributed by atoms with Crippen LogP contribution in [0.15, 0.2) is 40.9 Å². The number of nitrogens with one attached hydrogen (secondary N) is 1. The molecule has 0 fully saturated rings. The monoisotopic (exact) mass is 350 g/mol. The number of hydrogen-bond donors (Lipinski definition) is 2. The number of nitrogen functional groups attached to an aromatic ring is 1. The molecule has 0 unspecified atom stereocenters. The minimum atomic E-state index is 0.0666. The number of rotatable bonds is 4. The van der Waals surface area contributed by atoms with Gasteiger partial charge in [-0.25, -0.2) is 0 Å². The largest absolute Gasteiger partial charge is 0.489 e. The fourth-order valence-electron chi connectivity index (χ4n) is 3.23. The van der Waals surface area contributed by atoms with Crippen molar-refractivity contribution in [3.8, 4) is 28.6 Å². The molecular formula is C20H22N4O2. The van der Waals surface area contributed by atoms with Crippen molar-refractivity contribution in [3.63, 3.8) is 0 Å². The number of aromatic nitrogens is 2. The van der Waals surface area contributed by atoms with E-state index in [0.717, 1.165) is 30.6 Å². The van der Waals surface area contributed by atoms with Gasteiger partial charge in [-0.1, -0.05) is 23.4 Å². The van der Waals surface area contributed by atoms with Gasteiger partial charge in [0.2, 0.25) is 5.82 Å². The van der Waals surface area contributed by atoms with Crippen LogP contribution in [-0.2, 0) is 13.0 Å².